The van der Waals surface area contributed by atoms with Crippen molar-refractivity contribution in [3.8, 4) is 5.88 Å². The molecule has 2 rings (SSSR count). The van der Waals surface area contributed by atoms with Gasteiger partial charge in [-0.3, -0.25) is 0 Å². The van der Waals surface area contributed by atoms with Crippen LogP contribution in [0.5, 0.6) is 5.88 Å². The molecule has 1 aromatic heterocycles. The largest absolute Gasteiger partial charge is 0.515 e. The molecule has 110 valence electrons. The summed E-state index contributed by atoms with van der Waals surface area (Å²) < 4.78 is 10.6. The van der Waals surface area contributed by atoms with E-state index in [4.69, 9.17) is 9.47 Å². The van der Waals surface area contributed by atoms with Crippen LogP contribution in [-0.4, -0.2) is 17.2 Å². The Balaban J connectivity index is 1.88. The lowest BCUT2D eigenvalue weighted by atomic mass is 9.84. The van der Waals surface area contributed by atoms with Crippen molar-refractivity contribution in [2.24, 2.45) is 5.92 Å². The van der Waals surface area contributed by atoms with Gasteiger partial charge in [0.15, 0.2) is 0 Å². The highest BCUT2D eigenvalue weighted by molar-refractivity contribution is 5.63. The lowest BCUT2D eigenvalue weighted by molar-refractivity contribution is 0.0150. The van der Waals surface area contributed by atoms with Crippen LogP contribution >= 0.6 is 0 Å². The molecule has 1 aliphatic carbocycles. The van der Waals surface area contributed by atoms with Gasteiger partial charge in [-0.1, -0.05) is 38.7 Å². The Morgan fingerprint density at radius 1 is 1.35 bits per heavy atom. The summed E-state index contributed by atoms with van der Waals surface area (Å²) >= 11 is 0. The number of hydrogen-bond donors (Lipinski definition) is 0. The number of nitrogens with zero attached hydrogens (tertiary/aromatic N) is 1. The van der Waals surface area contributed by atoms with Gasteiger partial charge >= 0.3 is 6.16 Å². The van der Waals surface area contributed by atoms with Crippen molar-refractivity contribution in [2.75, 3.05) is 0 Å². The maximum Gasteiger partial charge on any atom is 0.515 e. The van der Waals surface area contributed by atoms with Crippen LogP contribution in [0.3, 0.4) is 0 Å². The van der Waals surface area contributed by atoms with Gasteiger partial charge in [-0.15, -0.1) is 0 Å². The van der Waals surface area contributed by atoms with Gasteiger partial charge in [0.25, 0.3) is 0 Å². The van der Waals surface area contributed by atoms with Crippen LogP contribution in [0, 0.1) is 5.92 Å². The van der Waals surface area contributed by atoms with Crippen molar-refractivity contribution in [1.82, 2.24) is 4.98 Å². The molecule has 4 heteroatoms. The third-order valence-corrected chi connectivity index (χ3v) is 3.82. The summed E-state index contributed by atoms with van der Waals surface area (Å²) in [7, 11) is 0. The molecule has 1 saturated carbocycles. The van der Waals surface area contributed by atoms with Crippen molar-refractivity contribution in [1.29, 1.82) is 0 Å². The number of aromatic nitrogens is 1. The van der Waals surface area contributed by atoms with E-state index in [2.05, 4.69) is 11.9 Å². The lowest BCUT2D eigenvalue weighted by Gasteiger charge is -2.29. The van der Waals surface area contributed by atoms with Crippen LogP contribution < -0.4 is 4.74 Å². The highest BCUT2D eigenvalue weighted by atomic mass is 16.7. The molecule has 1 aliphatic rings. The molecule has 0 spiro atoms. The highest BCUT2D eigenvalue weighted by Crippen LogP contribution is 2.30. The summed E-state index contributed by atoms with van der Waals surface area (Å²) in [6.07, 6.45) is 8.95. The average Bonchev–Trinajstić information content (AvgIpc) is 2.49. The van der Waals surface area contributed by atoms with E-state index in [1.807, 2.05) is 0 Å². The quantitative estimate of drug-likeness (QED) is 0.751. The number of carbonyl (C=O) groups excluding carboxylic acids is 1. The second kappa shape index (κ2) is 7.88. The minimum atomic E-state index is -0.632. The molecular formula is C16H23NO3. The van der Waals surface area contributed by atoms with Crippen LogP contribution in [0.25, 0.3) is 0 Å². The van der Waals surface area contributed by atoms with Crippen LogP contribution in [0.1, 0.15) is 51.9 Å². The number of hydrogen-bond acceptors (Lipinski definition) is 4. The summed E-state index contributed by atoms with van der Waals surface area (Å²) in [6.45, 7) is 2.11. The lowest BCUT2D eigenvalue weighted by Crippen LogP contribution is -2.30. The van der Waals surface area contributed by atoms with E-state index in [0.29, 0.717) is 5.92 Å². The molecule has 1 atom stereocenters. The van der Waals surface area contributed by atoms with Crippen molar-refractivity contribution in [3.63, 3.8) is 0 Å². The summed E-state index contributed by atoms with van der Waals surface area (Å²) in [4.78, 5) is 15.8. The second-order valence-corrected chi connectivity index (χ2v) is 5.36. The number of pyridine rings is 1. The van der Waals surface area contributed by atoms with Crippen molar-refractivity contribution < 1.29 is 14.3 Å². The fourth-order valence-corrected chi connectivity index (χ4v) is 2.82. The van der Waals surface area contributed by atoms with Crippen molar-refractivity contribution >= 4 is 6.16 Å². The Kier molecular flexibility index (Phi) is 5.84. The van der Waals surface area contributed by atoms with Crippen LogP contribution in [0.15, 0.2) is 24.4 Å². The fraction of sp³-hybridized carbons (Fsp3) is 0.625. The van der Waals surface area contributed by atoms with E-state index < -0.39 is 6.16 Å². The molecule has 0 aromatic carbocycles. The number of carbonyl (C=O) groups is 1. The molecule has 0 radical (unpaired) electrons. The normalized spacial score (nSPS) is 17.4. The van der Waals surface area contributed by atoms with Crippen molar-refractivity contribution in [3.05, 3.63) is 24.4 Å². The first-order chi connectivity index (χ1) is 9.79. The molecule has 0 bridgehead atoms. The van der Waals surface area contributed by atoms with Gasteiger partial charge in [0, 0.05) is 12.3 Å². The van der Waals surface area contributed by atoms with E-state index in [9.17, 15) is 4.79 Å². The van der Waals surface area contributed by atoms with Gasteiger partial charge < -0.3 is 9.47 Å². The fourth-order valence-electron chi connectivity index (χ4n) is 2.82. The highest BCUT2D eigenvalue weighted by Gasteiger charge is 2.27. The third kappa shape index (κ3) is 4.51. The predicted molar refractivity (Wildman–Crippen MR) is 76.6 cm³/mol. The first kappa shape index (κ1) is 14.8. The third-order valence-electron chi connectivity index (χ3n) is 3.82. The zero-order valence-corrected chi connectivity index (χ0v) is 12.1. The minimum absolute atomic E-state index is 0.0171. The smallest absolute Gasteiger partial charge is 0.430 e. The molecule has 1 fully saturated rings. The molecule has 0 amide bonds. The minimum Gasteiger partial charge on any atom is -0.430 e. The summed E-state index contributed by atoms with van der Waals surface area (Å²) in [5, 5.41) is 0. The Hall–Kier alpha value is -1.58. The Labute approximate surface area is 120 Å². The van der Waals surface area contributed by atoms with Gasteiger partial charge in [-0.05, 0) is 31.2 Å². The van der Waals surface area contributed by atoms with Gasteiger partial charge in [-0.2, -0.15) is 0 Å². The van der Waals surface area contributed by atoms with Crippen molar-refractivity contribution in [2.45, 2.75) is 58.0 Å². The van der Waals surface area contributed by atoms with E-state index >= 15 is 0 Å². The first-order valence-corrected chi connectivity index (χ1v) is 7.59. The SMILES string of the molecule is CCCC(OC(=O)Oc1ccccn1)C1CCCCC1. The number of rotatable bonds is 5. The van der Waals surface area contributed by atoms with Gasteiger partial charge in [0.2, 0.25) is 5.88 Å². The molecule has 20 heavy (non-hydrogen) atoms. The molecule has 1 heterocycles. The molecule has 0 N–H and O–H groups in total. The van der Waals surface area contributed by atoms with E-state index in [1.165, 1.54) is 19.3 Å². The summed E-state index contributed by atoms with van der Waals surface area (Å²) in [6, 6.07) is 5.21. The summed E-state index contributed by atoms with van der Waals surface area (Å²) in [5.41, 5.74) is 0. The second-order valence-electron chi connectivity index (χ2n) is 5.36. The summed E-state index contributed by atoms with van der Waals surface area (Å²) in [5.74, 6) is 0.774. The van der Waals surface area contributed by atoms with Crippen LogP contribution in [0.4, 0.5) is 4.79 Å². The topological polar surface area (TPSA) is 48.4 Å². The maximum atomic E-state index is 11.9. The molecule has 4 nitrogen and oxygen atoms in total. The molecule has 1 aromatic rings. The van der Waals surface area contributed by atoms with Crippen LogP contribution in [0.2, 0.25) is 0 Å². The Morgan fingerprint density at radius 2 is 2.15 bits per heavy atom. The van der Waals surface area contributed by atoms with Crippen LogP contribution in [-0.2, 0) is 4.74 Å². The van der Waals surface area contributed by atoms with E-state index in [0.717, 1.165) is 25.7 Å². The zero-order chi connectivity index (χ0) is 14.2. The maximum absolute atomic E-state index is 11.9. The average molecular weight is 277 g/mol. The molecule has 0 aliphatic heterocycles. The predicted octanol–water partition coefficient (Wildman–Crippen LogP) is 4.35. The van der Waals surface area contributed by atoms with Gasteiger partial charge in [0.05, 0.1) is 0 Å². The zero-order valence-electron chi connectivity index (χ0n) is 12.1. The molecule has 1 unspecified atom stereocenters. The molecule has 0 saturated heterocycles. The Bertz CT molecular complexity index is 401. The first-order valence-electron chi connectivity index (χ1n) is 7.59. The van der Waals surface area contributed by atoms with E-state index in [1.54, 1.807) is 24.4 Å². The van der Waals surface area contributed by atoms with Gasteiger partial charge in [0.1, 0.15) is 6.10 Å². The number of ether oxygens (including phenoxy) is 2. The molecular weight excluding hydrogens is 254 g/mol. The van der Waals surface area contributed by atoms with E-state index in [-0.39, 0.29) is 12.0 Å². The van der Waals surface area contributed by atoms with Gasteiger partial charge in [-0.25, -0.2) is 9.78 Å². The Morgan fingerprint density at radius 3 is 2.80 bits per heavy atom. The monoisotopic (exact) mass is 277 g/mol. The standard InChI is InChI=1S/C16H23NO3/c1-2-8-14(13-9-4-3-5-10-13)19-16(18)20-15-11-6-7-12-17-15/h6-7,11-14H,2-5,8-10H2,1H3.